The van der Waals surface area contributed by atoms with Crippen LogP contribution in [0.15, 0.2) is 33.7 Å². The Hall–Kier alpha value is -2.46. The summed E-state index contributed by atoms with van der Waals surface area (Å²) < 4.78 is 31.4. The first-order valence-electron chi connectivity index (χ1n) is 5.75. The van der Waals surface area contributed by atoms with E-state index in [0.29, 0.717) is 11.5 Å². The van der Waals surface area contributed by atoms with E-state index in [2.05, 4.69) is 9.88 Å². The molecule has 1 heterocycles. The summed E-state index contributed by atoms with van der Waals surface area (Å²) in [6, 6.07) is 4.89. The topological polar surface area (TPSA) is 141 Å². The van der Waals surface area contributed by atoms with Crippen molar-refractivity contribution in [2.24, 2.45) is 0 Å². The molecule has 0 saturated heterocycles. The van der Waals surface area contributed by atoms with E-state index in [0.717, 1.165) is 12.1 Å². The van der Waals surface area contributed by atoms with Crippen LogP contribution in [0.4, 0.5) is 11.4 Å². The maximum Gasteiger partial charge on any atom is 0.289 e. The number of hydrogen-bond donors (Lipinski definition) is 2. The molecule has 2 rings (SSSR count). The van der Waals surface area contributed by atoms with Crippen molar-refractivity contribution in [3.8, 4) is 0 Å². The highest BCUT2D eigenvalue weighted by molar-refractivity contribution is 7.89. The second-order valence-corrected chi connectivity index (χ2v) is 5.98. The van der Waals surface area contributed by atoms with Gasteiger partial charge in [0.15, 0.2) is 10.7 Å². The lowest BCUT2D eigenvalue weighted by Gasteiger charge is -2.06. The van der Waals surface area contributed by atoms with Crippen LogP contribution >= 0.6 is 0 Å². The smallest absolute Gasteiger partial charge is 0.289 e. The first kappa shape index (κ1) is 14.9. The molecule has 1 aromatic carbocycles. The molecule has 1 aromatic heterocycles. The number of nitro benzene ring substituents is 1. The van der Waals surface area contributed by atoms with Gasteiger partial charge in [-0.15, -0.1) is 0 Å². The Labute approximate surface area is 119 Å². The lowest BCUT2D eigenvalue weighted by atomic mass is 10.3. The van der Waals surface area contributed by atoms with Gasteiger partial charge in [-0.3, -0.25) is 10.1 Å². The molecule has 0 aliphatic rings. The lowest BCUT2D eigenvalue weighted by molar-refractivity contribution is -0.387. The van der Waals surface area contributed by atoms with Gasteiger partial charge in [0, 0.05) is 17.8 Å². The molecule has 0 aliphatic heterocycles. The van der Waals surface area contributed by atoms with E-state index in [1.54, 1.807) is 13.0 Å². The van der Waals surface area contributed by atoms with E-state index < -0.39 is 25.5 Å². The van der Waals surface area contributed by atoms with Gasteiger partial charge in [-0.25, -0.2) is 13.1 Å². The van der Waals surface area contributed by atoms with E-state index in [-0.39, 0.29) is 12.2 Å². The fourth-order valence-corrected chi connectivity index (χ4v) is 2.84. The van der Waals surface area contributed by atoms with Gasteiger partial charge in [-0.1, -0.05) is 5.16 Å². The average Bonchev–Trinajstić information content (AvgIpc) is 2.82. The highest BCUT2D eigenvalue weighted by Gasteiger charge is 2.26. The standard InChI is InChI=1S/C11H12N4O5S/c1-7-4-9(20-14-7)6-13-21(18,19)11-5-8(12)2-3-10(11)15(16)17/h2-5,13H,6,12H2,1H3. The van der Waals surface area contributed by atoms with Gasteiger partial charge in [0.1, 0.15) is 0 Å². The molecule has 0 bridgehead atoms. The number of nitrogens with two attached hydrogens (primary N) is 1. The third-order valence-electron chi connectivity index (χ3n) is 2.58. The average molecular weight is 312 g/mol. The Bertz CT molecular complexity index is 784. The highest BCUT2D eigenvalue weighted by atomic mass is 32.2. The van der Waals surface area contributed by atoms with Crippen molar-refractivity contribution in [2.75, 3.05) is 5.73 Å². The van der Waals surface area contributed by atoms with Crippen LogP contribution in [0.25, 0.3) is 0 Å². The number of nitrogen functional groups attached to an aromatic ring is 1. The van der Waals surface area contributed by atoms with E-state index in [9.17, 15) is 18.5 Å². The molecule has 0 spiro atoms. The zero-order valence-corrected chi connectivity index (χ0v) is 11.8. The van der Waals surface area contributed by atoms with Crippen LogP contribution < -0.4 is 10.5 Å². The van der Waals surface area contributed by atoms with Gasteiger partial charge in [0.05, 0.1) is 17.2 Å². The molecule has 10 heteroatoms. The first-order chi connectivity index (χ1) is 9.79. The van der Waals surface area contributed by atoms with Crippen molar-refractivity contribution >= 4 is 21.4 Å². The van der Waals surface area contributed by atoms with Crippen LogP contribution in [-0.2, 0) is 16.6 Å². The van der Waals surface area contributed by atoms with Crippen molar-refractivity contribution in [1.82, 2.24) is 9.88 Å². The van der Waals surface area contributed by atoms with E-state index in [4.69, 9.17) is 10.3 Å². The summed E-state index contributed by atoms with van der Waals surface area (Å²) >= 11 is 0. The number of anilines is 1. The van der Waals surface area contributed by atoms with E-state index >= 15 is 0 Å². The normalized spacial score (nSPS) is 11.5. The Kier molecular flexibility index (Phi) is 3.91. The van der Waals surface area contributed by atoms with Gasteiger partial charge in [0.2, 0.25) is 10.0 Å². The molecule has 21 heavy (non-hydrogen) atoms. The fraction of sp³-hybridized carbons (Fsp3) is 0.182. The van der Waals surface area contributed by atoms with E-state index in [1.807, 2.05) is 0 Å². The summed E-state index contributed by atoms with van der Waals surface area (Å²) in [6.07, 6.45) is 0. The van der Waals surface area contributed by atoms with Crippen LogP contribution in [0.2, 0.25) is 0 Å². The molecule has 0 atom stereocenters. The number of aryl methyl sites for hydroxylation is 1. The Morgan fingerprint density at radius 1 is 1.43 bits per heavy atom. The molecule has 0 fully saturated rings. The van der Waals surface area contributed by atoms with Crippen LogP contribution in [0.5, 0.6) is 0 Å². The summed E-state index contributed by atoms with van der Waals surface area (Å²) in [5.74, 6) is 0.294. The van der Waals surface area contributed by atoms with E-state index in [1.165, 1.54) is 6.07 Å². The number of nitrogens with one attached hydrogen (secondary N) is 1. The van der Waals surface area contributed by atoms with Gasteiger partial charge >= 0.3 is 0 Å². The zero-order chi connectivity index (χ0) is 15.6. The minimum absolute atomic E-state index is 0.108. The minimum atomic E-state index is -4.11. The maximum absolute atomic E-state index is 12.2. The molecule has 0 amide bonds. The molecule has 0 radical (unpaired) electrons. The van der Waals surface area contributed by atoms with Gasteiger partial charge in [-0.05, 0) is 19.1 Å². The Morgan fingerprint density at radius 2 is 2.14 bits per heavy atom. The maximum atomic E-state index is 12.2. The quantitative estimate of drug-likeness (QED) is 0.475. The highest BCUT2D eigenvalue weighted by Crippen LogP contribution is 2.25. The number of hydrogen-bond acceptors (Lipinski definition) is 7. The molecule has 0 saturated carbocycles. The first-order valence-corrected chi connectivity index (χ1v) is 7.23. The molecular weight excluding hydrogens is 300 g/mol. The number of nitro groups is 1. The van der Waals surface area contributed by atoms with Gasteiger partial charge in [0.25, 0.3) is 5.69 Å². The minimum Gasteiger partial charge on any atom is -0.399 e. The third-order valence-corrected chi connectivity index (χ3v) is 4.01. The summed E-state index contributed by atoms with van der Waals surface area (Å²) in [5, 5.41) is 14.5. The largest absolute Gasteiger partial charge is 0.399 e. The third kappa shape index (κ3) is 3.35. The van der Waals surface area contributed by atoms with Crippen LogP contribution in [-0.4, -0.2) is 18.5 Å². The summed E-state index contributed by atoms with van der Waals surface area (Å²) in [4.78, 5) is 9.62. The number of nitrogens with zero attached hydrogens (tertiary/aromatic N) is 2. The molecule has 9 nitrogen and oxygen atoms in total. The number of rotatable bonds is 5. The van der Waals surface area contributed by atoms with Gasteiger partial charge in [-0.2, -0.15) is 0 Å². The molecule has 2 aromatic rings. The van der Waals surface area contributed by atoms with Crippen LogP contribution in [0.1, 0.15) is 11.5 Å². The second kappa shape index (κ2) is 5.50. The molecule has 0 aliphatic carbocycles. The summed E-state index contributed by atoms with van der Waals surface area (Å²) in [7, 11) is -4.11. The molecular formula is C11H12N4O5S. The van der Waals surface area contributed by atoms with Crippen molar-refractivity contribution in [3.63, 3.8) is 0 Å². The monoisotopic (exact) mass is 312 g/mol. The van der Waals surface area contributed by atoms with Crippen molar-refractivity contribution in [1.29, 1.82) is 0 Å². The Morgan fingerprint density at radius 3 is 2.71 bits per heavy atom. The van der Waals surface area contributed by atoms with Crippen molar-refractivity contribution in [3.05, 3.63) is 45.8 Å². The van der Waals surface area contributed by atoms with Crippen molar-refractivity contribution in [2.45, 2.75) is 18.4 Å². The number of aromatic nitrogens is 1. The number of sulfonamides is 1. The number of benzene rings is 1. The van der Waals surface area contributed by atoms with Crippen molar-refractivity contribution < 1.29 is 17.9 Å². The Balaban J connectivity index is 2.31. The zero-order valence-electron chi connectivity index (χ0n) is 10.9. The summed E-state index contributed by atoms with van der Waals surface area (Å²) in [6.45, 7) is 1.51. The molecule has 0 unspecified atom stereocenters. The lowest BCUT2D eigenvalue weighted by Crippen LogP contribution is -2.24. The predicted molar refractivity (Wildman–Crippen MR) is 72.8 cm³/mol. The SMILES string of the molecule is Cc1cc(CNS(=O)(=O)c2cc(N)ccc2[N+](=O)[O-])on1. The van der Waals surface area contributed by atoms with Gasteiger partial charge < -0.3 is 10.3 Å². The fourth-order valence-electron chi connectivity index (χ4n) is 1.64. The summed E-state index contributed by atoms with van der Waals surface area (Å²) in [5.41, 5.74) is 5.65. The predicted octanol–water partition coefficient (Wildman–Crippen LogP) is 0.952. The van der Waals surface area contributed by atoms with Crippen LogP contribution in [0, 0.1) is 17.0 Å². The second-order valence-electron chi connectivity index (χ2n) is 4.24. The molecule has 112 valence electrons. The molecule has 3 N–H and O–H groups in total. The van der Waals surface area contributed by atoms with Crippen LogP contribution in [0.3, 0.4) is 0 Å².